The van der Waals surface area contributed by atoms with Crippen molar-refractivity contribution in [3.8, 4) is 0 Å². The summed E-state index contributed by atoms with van der Waals surface area (Å²) >= 11 is 5.00. The van der Waals surface area contributed by atoms with Gasteiger partial charge in [-0.05, 0) is 59.0 Å². The number of hydrogen-bond donors (Lipinski definition) is 2. The highest BCUT2D eigenvalue weighted by atomic mass is 79.9. The van der Waals surface area contributed by atoms with Gasteiger partial charge >= 0.3 is 0 Å². The van der Waals surface area contributed by atoms with Crippen LogP contribution in [0.15, 0.2) is 40.2 Å². The summed E-state index contributed by atoms with van der Waals surface area (Å²) in [5, 5.41) is 5.81. The van der Waals surface area contributed by atoms with Crippen molar-refractivity contribution in [2.45, 2.75) is 39.8 Å². The number of halogens is 1. The van der Waals surface area contributed by atoms with Gasteiger partial charge in [0.15, 0.2) is 0 Å². The third-order valence-electron chi connectivity index (χ3n) is 3.78. The molecule has 1 aromatic heterocycles. The van der Waals surface area contributed by atoms with Gasteiger partial charge in [0.2, 0.25) is 5.91 Å². The van der Waals surface area contributed by atoms with Crippen LogP contribution >= 0.6 is 27.3 Å². The quantitative estimate of drug-likeness (QED) is 0.699. The van der Waals surface area contributed by atoms with Gasteiger partial charge in [-0.3, -0.25) is 9.59 Å². The first-order chi connectivity index (χ1) is 11.9. The molecule has 0 radical (unpaired) electrons. The molecule has 6 heteroatoms. The number of rotatable bonds is 7. The van der Waals surface area contributed by atoms with Crippen molar-refractivity contribution in [3.05, 3.63) is 56.2 Å². The second kappa shape index (κ2) is 9.15. The average molecular weight is 423 g/mol. The normalized spacial score (nSPS) is 12.0. The zero-order valence-corrected chi connectivity index (χ0v) is 17.0. The Morgan fingerprint density at radius 2 is 1.88 bits per heavy atom. The van der Waals surface area contributed by atoms with Crippen molar-refractivity contribution in [1.82, 2.24) is 10.6 Å². The molecule has 0 aliphatic heterocycles. The fraction of sp³-hybridized carbons (Fsp3) is 0.368. The second-order valence-electron chi connectivity index (χ2n) is 6.39. The van der Waals surface area contributed by atoms with Crippen molar-refractivity contribution >= 4 is 39.1 Å². The highest BCUT2D eigenvalue weighted by Crippen LogP contribution is 2.21. The number of benzene rings is 1. The van der Waals surface area contributed by atoms with Crippen LogP contribution in [0.3, 0.4) is 0 Å². The molecule has 0 aliphatic carbocycles. The Kier molecular flexibility index (Phi) is 7.20. The highest BCUT2D eigenvalue weighted by molar-refractivity contribution is 9.11. The summed E-state index contributed by atoms with van der Waals surface area (Å²) in [6.45, 7) is 6.43. The topological polar surface area (TPSA) is 58.2 Å². The molecular formula is C19H23BrN2O2S. The van der Waals surface area contributed by atoms with Crippen molar-refractivity contribution in [1.29, 1.82) is 0 Å². The van der Waals surface area contributed by atoms with Gasteiger partial charge in [-0.25, -0.2) is 0 Å². The average Bonchev–Trinajstić information content (AvgIpc) is 2.97. The molecule has 0 saturated carbocycles. The van der Waals surface area contributed by atoms with Crippen LogP contribution in [-0.2, 0) is 11.3 Å². The number of hydrogen-bond acceptors (Lipinski definition) is 3. The third kappa shape index (κ3) is 5.97. The molecule has 1 aromatic carbocycles. The number of carbonyl (C=O) groups excluding carboxylic acids is 2. The van der Waals surface area contributed by atoms with Crippen LogP contribution in [0.4, 0.5) is 0 Å². The number of aryl methyl sites for hydroxylation is 1. The minimum Gasteiger partial charge on any atom is -0.349 e. The van der Waals surface area contributed by atoms with E-state index in [1.165, 1.54) is 0 Å². The maximum Gasteiger partial charge on any atom is 0.252 e. The van der Waals surface area contributed by atoms with Crippen LogP contribution in [0, 0.1) is 12.8 Å². The molecule has 0 fully saturated rings. The van der Waals surface area contributed by atoms with E-state index in [1.807, 2.05) is 51.1 Å². The van der Waals surface area contributed by atoms with Gasteiger partial charge in [0.1, 0.15) is 6.04 Å². The summed E-state index contributed by atoms with van der Waals surface area (Å²) < 4.78 is 1.03. The number of amides is 2. The molecule has 0 spiro atoms. The highest BCUT2D eigenvalue weighted by Gasteiger charge is 2.23. The molecule has 1 heterocycles. The van der Waals surface area contributed by atoms with Crippen molar-refractivity contribution < 1.29 is 9.59 Å². The standard InChI is InChI=1S/C19H23BrN2O2S/c1-12(2)10-16(19(24)21-11-14-8-9-17(20)25-14)22-18(23)15-7-5-4-6-13(15)3/h4-9,12,16H,10-11H2,1-3H3,(H,21,24)(H,22,23). The van der Waals surface area contributed by atoms with Crippen molar-refractivity contribution in [2.24, 2.45) is 5.92 Å². The minimum atomic E-state index is -0.546. The third-order valence-corrected chi connectivity index (χ3v) is 5.41. The molecule has 1 unspecified atom stereocenters. The lowest BCUT2D eigenvalue weighted by atomic mass is 10.0. The van der Waals surface area contributed by atoms with Gasteiger partial charge in [0, 0.05) is 10.4 Å². The summed E-state index contributed by atoms with van der Waals surface area (Å²) in [5.41, 5.74) is 1.50. The Labute approximate surface area is 161 Å². The Balaban J connectivity index is 2.03. The Morgan fingerprint density at radius 3 is 2.48 bits per heavy atom. The molecule has 4 nitrogen and oxygen atoms in total. The zero-order valence-electron chi connectivity index (χ0n) is 14.6. The number of carbonyl (C=O) groups is 2. The molecule has 0 bridgehead atoms. The predicted octanol–water partition coefficient (Wildman–Crippen LogP) is 4.28. The Hall–Kier alpha value is -1.66. The van der Waals surface area contributed by atoms with E-state index in [9.17, 15) is 9.59 Å². The first kappa shape index (κ1) is 19.7. The lowest BCUT2D eigenvalue weighted by Crippen LogP contribution is -2.47. The molecule has 0 saturated heterocycles. The molecule has 2 aromatic rings. The van der Waals surface area contributed by atoms with Gasteiger partial charge in [0.05, 0.1) is 10.3 Å². The zero-order chi connectivity index (χ0) is 18.4. The maximum absolute atomic E-state index is 12.6. The first-order valence-electron chi connectivity index (χ1n) is 8.25. The van der Waals surface area contributed by atoms with E-state index in [1.54, 1.807) is 17.4 Å². The SMILES string of the molecule is Cc1ccccc1C(=O)NC(CC(C)C)C(=O)NCc1ccc(Br)s1. The van der Waals surface area contributed by atoms with Crippen LogP contribution in [0.2, 0.25) is 0 Å². The molecule has 2 amide bonds. The minimum absolute atomic E-state index is 0.153. The Bertz CT molecular complexity index is 743. The number of nitrogens with one attached hydrogen (secondary N) is 2. The van der Waals surface area contributed by atoms with E-state index in [4.69, 9.17) is 0 Å². The lowest BCUT2D eigenvalue weighted by Gasteiger charge is -2.20. The molecule has 2 N–H and O–H groups in total. The molecule has 1 atom stereocenters. The molecular weight excluding hydrogens is 400 g/mol. The molecule has 25 heavy (non-hydrogen) atoms. The largest absolute Gasteiger partial charge is 0.349 e. The molecule has 2 rings (SSSR count). The Morgan fingerprint density at radius 1 is 1.16 bits per heavy atom. The van der Waals surface area contributed by atoms with E-state index in [0.717, 1.165) is 14.2 Å². The summed E-state index contributed by atoms with van der Waals surface area (Å²) in [6, 6.07) is 10.8. The van der Waals surface area contributed by atoms with Gasteiger partial charge in [-0.2, -0.15) is 0 Å². The van der Waals surface area contributed by atoms with Gasteiger partial charge in [-0.15, -0.1) is 11.3 Å². The molecule has 0 aliphatic rings. The van der Waals surface area contributed by atoms with Crippen molar-refractivity contribution in [2.75, 3.05) is 0 Å². The van der Waals surface area contributed by atoms with E-state index in [2.05, 4.69) is 26.6 Å². The summed E-state index contributed by atoms with van der Waals surface area (Å²) in [7, 11) is 0. The van der Waals surface area contributed by atoms with Gasteiger partial charge in [-0.1, -0.05) is 32.0 Å². The van der Waals surface area contributed by atoms with Crippen LogP contribution in [-0.4, -0.2) is 17.9 Å². The summed E-state index contributed by atoms with van der Waals surface area (Å²) in [6.07, 6.45) is 0.595. The second-order valence-corrected chi connectivity index (χ2v) is 8.94. The van der Waals surface area contributed by atoms with E-state index >= 15 is 0 Å². The fourth-order valence-electron chi connectivity index (χ4n) is 2.51. The van der Waals surface area contributed by atoms with Crippen LogP contribution < -0.4 is 10.6 Å². The smallest absolute Gasteiger partial charge is 0.252 e. The van der Waals surface area contributed by atoms with Crippen molar-refractivity contribution in [3.63, 3.8) is 0 Å². The van der Waals surface area contributed by atoms with E-state index < -0.39 is 6.04 Å². The van der Waals surface area contributed by atoms with E-state index in [-0.39, 0.29) is 11.8 Å². The predicted molar refractivity (Wildman–Crippen MR) is 106 cm³/mol. The lowest BCUT2D eigenvalue weighted by molar-refractivity contribution is -0.123. The first-order valence-corrected chi connectivity index (χ1v) is 9.86. The monoisotopic (exact) mass is 422 g/mol. The summed E-state index contributed by atoms with van der Waals surface area (Å²) in [4.78, 5) is 26.2. The van der Waals surface area contributed by atoms with Gasteiger partial charge < -0.3 is 10.6 Å². The van der Waals surface area contributed by atoms with E-state index in [0.29, 0.717) is 24.4 Å². The maximum atomic E-state index is 12.6. The summed E-state index contributed by atoms with van der Waals surface area (Å²) in [5.74, 6) is -0.0678. The van der Waals surface area contributed by atoms with Crippen LogP contribution in [0.25, 0.3) is 0 Å². The van der Waals surface area contributed by atoms with Crippen LogP contribution in [0.5, 0.6) is 0 Å². The van der Waals surface area contributed by atoms with Gasteiger partial charge in [0.25, 0.3) is 5.91 Å². The fourth-order valence-corrected chi connectivity index (χ4v) is 3.93. The molecule has 134 valence electrons. The van der Waals surface area contributed by atoms with Crippen LogP contribution in [0.1, 0.15) is 41.1 Å². The number of thiophene rings is 1.